The van der Waals surface area contributed by atoms with Crippen molar-refractivity contribution < 1.29 is 9.13 Å². The minimum Gasteiger partial charge on any atom is -0.435 e. The highest BCUT2D eigenvalue weighted by molar-refractivity contribution is 6.32. The van der Waals surface area contributed by atoms with Gasteiger partial charge < -0.3 is 4.74 Å². The number of ether oxygens (including phenoxy) is 1. The Kier molecular flexibility index (Phi) is 3.68. The maximum atomic E-state index is 12.9. The molecule has 0 amide bonds. The summed E-state index contributed by atoms with van der Waals surface area (Å²) in [5, 5.41) is 0.282. The van der Waals surface area contributed by atoms with Crippen molar-refractivity contribution in [2.24, 2.45) is 0 Å². The van der Waals surface area contributed by atoms with Gasteiger partial charge in [-0.3, -0.25) is 0 Å². The van der Waals surface area contributed by atoms with Gasteiger partial charge in [-0.1, -0.05) is 23.2 Å². The van der Waals surface area contributed by atoms with Crippen molar-refractivity contribution >= 4 is 23.2 Å². The average molecular weight is 287 g/mol. The molecule has 0 atom stereocenters. The van der Waals surface area contributed by atoms with E-state index in [0.29, 0.717) is 5.69 Å². The fourth-order valence-electron chi connectivity index (χ4n) is 1.28. The van der Waals surface area contributed by atoms with E-state index in [9.17, 15) is 4.39 Å². The van der Waals surface area contributed by atoms with Crippen LogP contribution in [0, 0.1) is 19.7 Å². The van der Waals surface area contributed by atoms with Gasteiger partial charge in [-0.15, -0.1) is 0 Å². The van der Waals surface area contributed by atoms with Gasteiger partial charge in [0.1, 0.15) is 11.6 Å². The second-order valence-corrected chi connectivity index (χ2v) is 4.43. The molecule has 0 fully saturated rings. The van der Waals surface area contributed by atoms with E-state index in [1.807, 2.05) is 0 Å². The minimum atomic E-state index is -0.440. The number of aryl methyl sites for hydroxylation is 2. The third-order valence-corrected chi connectivity index (χ3v) is 2.88. The molecule has 0 saturated carbocycles. The van der Waals surface area contributed by atoms with Crippen LogP contribution in [-0.4, -0.2) is 9.97 Å². The van der Waals surface area contributed by atoms with Crippen LogP contribution in [0.4, 0.5) is 4.39 Å². The van der Waals surface area contributed by atoms with Crippen molar-refractivity contribution in [2.75, 3.05) is 0 Å². The number of rotatable bonds is 2. The molecule has 1 aromatic carbocycles. The number of aromatic nitrogens is 2. The van der Waals surface area contributed by atoms with E-state index in [4.69, 9.17) is 27.9 Å². The fraction of sp³-hybridized carbons (Fsp3) is 0.167. The highest BCUT2D eigenvalue weighted by Crippen LogP contribution is 2.32. The molecule has 2 aromatic rings. The first-order valence-electron chi connectivity index (χ1n) is 5.11. The van der Waals surface area contributed by atoms with Gasteiger partial charge in [0.2, 0.25) is 0 Å². The Bertz CT molecular complexity index is 605. The first kappa shape index (κ1) is 13.1. The number of nitrogens with zero attached hydrogens (tertiary/aromatic N) is 2. The van der Waals surface area contributed by atoms with E-state index in [0.717, 1.165) is 11.8 Å². The van der Waals surface area contributed by atoms with E-state index in [-0.39, 0.29) is 21.8 Å². The molecule has 18 heavy (non-hydrogen) atoms. The molecule has 0 bridgehead atoms. The van der Waals surface area contributed by atoms with Gasteiger partial charge >= 0.3 is 0 Å². The molecule has 0 aliphatic rings. The van der Waals surface area contributed by atoms with Crippen LogP contribution in [0.5, 0.6) is 11.6 Å². The third-order valence-electron chi connectivity index (χ3n) is 2.34. The number of hydrogen-bond donors (Lipinski definition) is 0. The second kappa shape index (κ2) is 5.08. The van der Waals surface area contributed by atoms with E-state index in [1.54, 1.807) is 13.8 Å². The van der Waals surface area contributed by atoms with Crippen LogP contribution in [0.2, 0.25) is 10.2 Å². The Morgan fingerprint density at radius 1 is 1.11 bits per heavy atom. The maximum Gasteiger partial charge on any atom is 0.257 e. The van der Waals surface area contributed by atoms with Crippen molar-refractivity contribution in [3.63, 3.8) is 0 Å². The van der Waals surface area contributed by atoms with Crippen LogP contribution in [0.15, 0.2) is 18.2 Å². The standard InChI is InChI=1S/C12H9Cl2FN2O/c1-6-7(2)17-12(11(14)16-6)18-10-4-3-8(15)5-9(10)13/h3-5H,1-2H3. The smallest absolute Gasteiger partial charge is 0.257 e. The molecular formula is C12H9Cl2FN2O. The molecule has 3 nitrogen and oxygen atoms in total. The summed E-state index contributed by atoms with van der Waals surface area (Å²) in [5.74, 6) is -0.0181. The lowest BCUT2D eigenvalue weighted by Gasteiger charge is -2.09. The van der Waals surface area contributed by atoms with Crippen LogP contribution in [0.25, 0.3) is 0 Å². The van der Waals surface area contributed by atoms with E-state index in [1.165, 1.54) is 12.1 Å². The van der Waals surface area contributed by atoms with Gasteiger partial charge in [-0.2, -0.15) is 0 Å². The molecule has 6 heteroatoms. The molecule has 0 N–H and O–H groups in total. The van der Waals surface area contributed by atoms with Gasteiger partial charge in [-0.05, 0) is 32.0 Å². The zero-order chi connectivity index (χ0) is 13.3. The lowest BCUT2D eigenvalue weighted by molar-refractivity contribution is 0.457. The number of halogens is 3. The predicted octanol–water partition coefficient (Wildman–Crippen LogP) is 4.33. The van der Waals surface area contributed by atoms with E-state index >= 15 is 0 Å². The highest BCUT2D eigenvalue weighted by atomic mass is 35.5. The Balaban J connectivity index is 2.37. The first-order valence-corrected chi connectivity index (χ1v) is 5.86. The molecule has 0 spiro atoms. The topological polar surface area (TPSA) is 35.0 Å². The lowest BCUT2D eigenvalue weighted by atomic mass is 10.3. The normalized spacial score (nSPS) is 10.5. The minimum absolute atomic E-state index is 0.137. The van der Waals surface area contributed by atoms with E-state index in [2.05, 4.69) is 9.97 Å². The van der Waals surface area contributed by atoms with Gasteiger partial charge in [0.25, 0.3) is 5.88 Å². The summed E-state index contributed by atoms with van der Waals surface area (Å²) in [6, 6.07) is 3.80. The van der Waals surface area contributed by atoms with Crippen molar-refractivity contribution in [1.29, 1.82) is 0 Å². The molecule has 0 radical (unpaired) electrons. The molecule has 94 valence electrons. The average Bonchev–Trinajstić information content (AvgIpc) is 2.29. The Morgan fingerprint density at radius 3 is 2.44 bits per heavy atom. The molecule has 2 rings (SSSR count). The summed E-state index contributed by atoms with van der Waals surface area (Å²) in [7, 11) is 0. The molecule has 1 heterocycles. The first-order chi connectivity index (χ1) is 8.47. The number of benzene rings is 1. The van der Waals surface area contributed by atoms with Gasteiger partial charge in [0.15, 0.2) is 5.15 Å². The van der Waals surface area contributed by atoms with Crippen LogP contribution >= 0.6 is 23.2 Å². The highest BCUT2D eigenvalue weighted by Gasteiger charge is 2.11. The van der Waals surface area contributed by atoms with Crippen molar-refractivity contribution in [1.82, 2.24) is 9.97 Å². The van der Waals surface area contributed by atoms with Crippen LogP contribution in [0.3, 0.4) is 0 Å². The quantitative estimate of drug-likeness (QED) is 0.824. The summed E-state index contributed by atoms with van der Waals surface area (Å²) >= 11 is 11.8. The maximum absolute atomic E-state index is 12.9. The van der Waals surface area contributed by atoms with Gasteiger partial charge in [-0.25, -0.2) is 14.4 Å². The molecule has 0 unspecified atom stereocenters. The van der Waals surface area contributed by atoms with Crippen LogP contribution in [0.1, 0.15) is 11.4 Å². The SMILES string of the molecule is Cc1nc(Cl)c(Oc2ccc(F)cc2Cl)nc1C. The summed E-state index contributed by atoms with van der Waals surface area (Å²) in [6.45, 7) is 3.58. The van der Waals surface area contributed by atoms with Crippen molar-refractivity contribution in [2.45, 2.75) is 13.8 Å². The van der Waals surface area contributed by atoms with Gasteiger partial charge in [0, 0.05) is 0 Å². The van der Waals surface area contributed by atoms with Gasteiger partial charge in [0.05, 0.1) is 16.4 Å². The Morgan fingerprint density at radius 2 is 1.78 bits per heavy atom. The summed E-state index contributed by atoms with van der Waals surface area (Å²) < 4.78 is 18.3. The van der Waals surface area contributed by atoms with Crippen LogP contribution < -0.4 is 4.74 Å². The third kappa shape index (κ3) is 2.71. The zero-order valence-corrected chi connectivity index (χ0v) is 11.2. The fourth-order valence-corrected chi connectivity index (χ4v) is 1.70. The predicted molar refractivity (Wildman–Crippen MR) is 68.0 cm³/mol. The molecule has 1 aromatic heterocycles. The lowest BCUT2D eigenvalue weighted by Crippen LogP contribution is -1.97. The summed E-state index contributed by atoms with van der Waals surface area (Å²) in [4.78, 5) is 8.24. The Hall–Kier alpha value is -1.39. The molecule has 0 saturated heterocycles. The monoisotopic (exact) mass is 286 g/mol. The molecular weight excluding hydrogens is 278 g/mol. The number of hydrogen-bond acceptors (Lipinski definition) is 3. The summed E-state index contributed by atoms with van der Waals surface area (Å²) in [6.07, 6.45) is 0. The van der Waals surface area contributed by atoms with E-state index < -0.39 is 5.82 Å². The second-order valence-electron chi connectivity index (χ2n) is 3.67. The zero-order valence-electron chi connectivity index (χ0n) is 9.67. The summed E-state index contributed by atoms with van der Waals surface area (Å²) in [5.41, 5.74) is 1.42. The largest absolute Gasteiger partial charge is 0.435 e. The van der Waals surface area contributed by atoms with Crippen LogP contribution in [-0.2, 0) is 0 Å². The Labute approximate surface area is 114 Å². The molecule has 0 aliphatic carbocycles. The van der Waals surface area contributed by atoms with Crippen molar-refractivity contribution in [3.05, 3.63) is 45.6 Å². The van der Waals surface area contributed by atoms with Crippen molar-refractivity contribution in [3.8, 4) is 11.6 Å². The molecule has 0 aliphatic heterocycles.